The molecule has 0 radical (unpaired) electrons. The van der Waals surface area contributed by atoms with Gasteiger partial charge in [-0.3, -0.25) is 10.1 Å². The van der Waals surface area contributed by atoms with Gasteiger partial charge < -0.3 is 10.4 Å². The van der Waals surface area contributed by atoms with Crippen LogP contribution in [0.4, 0.5) is 11.4 Å². The van der Waals surface area contributed by atoms with Gasteiger partial charge in [0, 0.05) is 10.5 Å². The van der Waals surface area contributed by atoms with Crippen molar-refractivity contribution in [3.05, 3.63) is 62.1 Å². The molecule has 2 aromatic carbocycles. The van der Waals surface area contributed by atoms with Gasteiger partial charge in [-0.05, 0) is 42.2 Å². The molecule has 5 nitrogen and oxygen atoms in total. The number of phenolic OH excluding ortho intramolecular Hbond substituents is 1. The quantitative estimate of drug-likeness (QED) is 0.644. The first-order valence-corrected chi connectivity index (χ1v) is 7.37. The first-order valence-electron chi connectivity index (χ1n) is 6.57. The van der Waals surface area contributed by atoms with E-state index in [1.54, 1.807) is 24.3 Å². The van der Waals surface area contributed by atoms with Crippen molar-refractivity contribution in [2.45, 2.75) is 18.9 Å². The van der Waals surface area contributed by atoms with Crippen LogP contribution in [0.3, 0.4) is 0 Å². The van der Waals surface area contributed by atoms with Gasteiger partial charge in [0.15, 0.2) is 0 Å². The summed E-state index contributed by atoms with van der Waals surface area (Å²) in [4.78, 5) is 10.8. The highest BCUT2D eigenvalue weighted by Crippen LogP contribution is 2.40. The second-order valence-electron chi connectivity index (χ2n) is 5.00. The lowest BCUT2D eigenvalue weighted by atomic mass is 10.1. The van der Waals surface area contributed by atoms with E-state index in [2.05, 4.69) is 21.2 Å². The average Bonchev–Trinajstić information content (AvgIpc) is 2.85. The van der Waals surface area contributed by atoms with Crippen LogP contribution in [0.5, 0.6) is 5.75 Å². The Balaban J connectivity index is 1.93. The molecule has 21 heavy (non-hydrogen) atoms. The second kappa shape index (κ2) is 5.37. The zero-order valence-corrected chi connectivity index (χ0v) is 12.6. The number of phenols is 1. The first-order chi connectivity index (χ1) is 10.1. The van der Waals surface area contributed by atoms with Crippen LogP contribution in [0, 0.1) is 10.1 Å². The number of aromatic hydroxyl groups is 1. The van der Waals surface area contributed by atoms with Crippen LogP contribution in [0.2, 0.25) is 0 Å². The molecule has 0 saturated heterocycles. The number of nitro benzene ring substituents is 1. The molecule has 6 heteroatoms. The monoisotopic (exact) mass is 348 g/mol. The maximum absolute atomic E-state index is 11.2. The molecule has 2 aromatic rings. The van der Waals surface area contributed by atoms with E-state index in [-0.39, 0.29) is 11.7 Å². The third-order valence-electron chi connectivity index (χ3n) is 3.73. The third kappa shape index (κ3) is 2.58. The van der Waals surface area contributed by atoms with Gasteiger partial charge in [-0.15, -0.1) is 0 Å². The van der Waals surface area contributed by atoms with E-state index in [1.165, 1.54) is 6.07 Å². The minimum atomic E-state index is -0.397. The predicted octanol–water partition coefficient (Wildman–Crippen LogP) is 4.16. The Labute approximate surface area is 129 Å². The Hall–Kier alpha value is -2.08. The van der Waals surface area contributed by atoms with Crippen LogP contribution in [0.25, 0.3) is 0 Å². The summed E-state index contributed by atoms with van der Waals surface area (Å²) in [5.74, 6) is 0.294. The Morgan fingerprint density at radius 2 is 2.14 bits per heavy atom. The fourth-order valence-electron chi connectivity index (χ4n) is 2.75. The number of hydrogen-bond donors (Lipinski definition) is 2. The maximum Gasteiger partial charge on any atom is 0.293 e. The molecule has 0 fully saturated rings. The number of fused-ring (bicyclic) bond motifs is 1. The summed E-state index contributed by atoms with van der Waals surface area (Å²) in [6.07, 6.45) is 1.57. The van der Waals surface area contributed by atoms with Crippen molar-refractivity contribution in [3.63, 3.8) is 0 Å². The minimum absolute atomic E-state index is 0.0213. The summed E-state index contributed by atoms with van der Waals surface area (Å²) in [5, 5.41) is 24.2. The smallest absolute Gasteiger partial charge is 0.293 e. The molecule has 1 aliphatic carbocycles. The van der Waals surface area contributed by atoms with Gasteiger partial charge in [-0.2, -0.15) is 0 Å². The number of hydrogen-bond acceptors (Lipinski definition) is 4. The zero-order chi connectivity index (χ0) is 15.0. The van der Waals surface area contributed by atoms with E-state index in [9.17, 15) is 15.2 Å². The van der Waals surface area contributed by atoms with Crippen molar-refractivity contribution in [2.24, 2.45) is 0 Å². The van der Waals surface area contributed by atoms with E-state index in [1.807, 2.05) is 6.07 Å². The molecule has 1 aliphatic rings. The fraction of sp³-hybridized carbons (Fsp3) is 0.200. The van der Waals surface area contributed by atoms with Crippen LogP contribution in [0.15, 0.2) is 40.9 Å². The number of nitrogens with one attached hydrogen (secondary N) is 1. The van der Waals surface area contributed by atoms with E-state index in [0.717, 1.165) is 24.0 Å². The lowest BCUT2D eigenvalue weighted by Gasteiger charge is -2.16. The molecule has 0 aliphatic heterocycles. The van der Waals surface area contributed by atoms with Crippen molar-refractivity contribution in [2.75, 3.05) is 5.32 Å². The van der Waals surface area contributed by atoms with E-state index in [0.29, 0.717) is 15.9 Å². The topological polar surface area (TPSA) is 75.4 Å². The molecule has 108 valence electrons. The molecule has 0 amide bonds. The summed E-state index contributed by atoms with van der Waals surface area (Å²) in [7, 11) is 0. The van der Waals surface area contributed by atoms with Crippen molar-refractivity contribution in [1.82, 2.24) is 0 Å². The molecule has 2 N–H and O–H groups in total. The van der Waals surface area contributed by atoms with Crippen molar-refractivity contribution in [1.29, 1.82) is 0 Å². The van der Waals surface area contributed by atoms with Gasteiger partial charge >= 0.3 is 0 Å². The summed E-state index contributed by atoms with van der Waals surface area (Å²) >= 11 is 3.25. The maximum atomic E-state index is 11.2. The van der Waals surface area contributed by atoms with Gasteiger partial charge in [0.05, 0.1) is 11.0 Å². The molecule has 3 rings (SSSR count). The highest BCUT2D eigenvalue weighted by atomic mass is 79.9. The molecule has 0 aromatic heterocycles. The van der Waals surface area contributed by atoms with Gasteiger partial charge in [0.1, 0.15) is 11.4 Å². The van der Waals surface area contributed by atoms with Crippen LogP contribution < -0.4 is 5.32 Å². The Bertz CT molecular complexity index is 718. The lowest BCUT2D eigenvalue weighted by Crippen LogP contribution is -2.08. The van der Waals surface area contributed by atoms with Crippen LogP contribution in [-0.4, -0.2) is 10.0 Å². The molecular formula is C15H13BrN2O3. The molecule has 0 saturated carbocycles. The van der Waals surface area contributed by atoms with E-state index in [4.69, 9.17) is 0 Å². The van der Waals surface area contributed by atoms with Gasteiger partial charge in [0.25, 0.3) is 5.69 Å². The fourth-order valence-corrected chi connectivity index (χ4v) is 3.10. The van der Waals surface area contributed by atoms with Gasteiger partial charge in [0.2, 0.25) is 0 Å². The summed E-state index contributed by atoms with van der Waals surface area (Å²) in [5.41, 5.74) is 2.46. The number of anilines is 1. The predicted molar refractivity (Wildman–Crippen MR) is 83.6 cm³/mol. The molecule has 0 bridgehead atoms. The highest BCUT2D eigenvalue weighted by molar-refractivity contribution is 9.10. The highest BCUT2D eigenvalue weighted by Gasteiger charge is 2.26. The minimum Gasteiger partial charge on any atom is -0.508 e. The summed E-state index contributed by atoms with van der Waals surface area (Å²) in [6.45, 7) is 0. The molecule has 0 spiro atoms. The number of nitro groups is 1. The van der Waals surface area contributed by atoms with Gasteiger partial charge in [-0.1, -0.05) is 28.1 Å². The Morgan fingerprint density at radius 3 is 2.90 bits per heavy atom. The van der Waals surface area contributed by atoms with E-state index < -0.39 is 4.92 Å². The van der Waals surface area contributed by atoms with Crippen molar-refractivity contribution >= 4 is 27.3 Å². The Morgan fingerprint density at radius 1 is 1.33 bits per heavy atom. The summed E-state index contributed by atoms with van der Waals surface area (Å²) in [6, 6.07) is 10.3. The number of rotatable bonds is 3. The molecule has 0 heterocycles. The van der Waals surface area contributed by atoms with E-state index >= 15 is 0 Å². The Kier molecular flexibility index (Phi) is 3.55. The van der Waals surface area contributed by atoms with Crippen LogP contribution in [0.1, 0.15) is 23.6 Å². The van der Waals surface area contributed by atoms with Gasteiger partial charge in [-0.25, -0.2) is 0 Å². The van der Waals surface area contributed by atoms with Crippen LogP contribution >= 0.6 is 15.9 Å². The summed E-state index contributed by atoms with van der Waals surface area (Å²) < 4.78 is 0.671. The third-order valence-corrected chi connectivity index (χ3v) is 4.23. The molecular weight excluding hydrogens is 336 g/mol. The second-order valence-corrected chi connectivity index (χ2v) is 5.91. The van der Waals surface area contributed by atoms with Crippen molar-refractivity contribution < 1.29 is 10.0 Å². The number of benzene rings is 2. The molecule has 1 unspecified atom stereocenters. The van der Waals surface area contributed by atoms with Crippen molar-refractivity contribution in [3.8, 4) is 5.75 Å². The average molecular weight is 349 g/mol. The largest absolute Gasteiger partial charge is 0.508 e. The van der Waals surface area contributed by atoms with Crippen LogP contribution in [-0.2, 0) is 6.42 Å². The standard InChI is InChI=1S/C15H13BrN2O3/c16-9-4-6-13(14(8-9)18(20)21)17-12-7-5-11-10(12)2-1-3-15(11)19/h1-4,6,8,12,17,19H,5,7H2. The number of nitrogens with zero attached hydrogens (tertiary/aromatic N) is 1. The first kappa shape index (κ1) is 13.9. The number of halogens is 1. The normalized spacial score (nSPS) is 16.5. The lowest BCUT2D eigenvalue weighted by molar-refractivity contribution is -0.384. The SMILES string of the molecule is O=[N+]([O-])c1cc(Br)ccc1NC1CCc2c(O)cccc21. The molecule has 1 atom stereocenters. The zero-order valence-electron chi connectivity index (χ0n) is 11.0.